The van der Waals surface area contributed by atoms with E-state index in [1.165, 1.54) is 24.2 Å². The molecular weight excluding hydrogens is 348 g/mol. The Labute approximate surface area is 167 Å². The maximum Gasteiger partial charge on any atom is 0.225 e. The molecular formula is C23H30N4O. The van der Waals surface area contributed by atoms with Gasteiger partial charge >= 0.3 is 0 Å². The monoisotopic (exact) mass is 378 g/mol. The van der Waals surface area contributed by atoms with Gasteiger partial charge in [0, 0.05) is 37.9 Å². The zero-order valence-electron chi connectivity index (χ0n) is 16.8. The highest BCUT2D eigenvalue weighted by molar-refractivity contribution is 5.80. The third-order valence-corrected chi connectivity index (χ3v) is 7.03. The molecule has 0 aromatic carbocycles. The lowest BCUT2D eigenvalue weighted by Crippen LogP contribution is -2.53. The zero-order valence-corrected chi connectivity index (χ0v) is 16.8. The molecule has 1 spiro atoms. The van der Waals surface area contributed by atoms with Crippen molar-refractivity contribution in [1.82, 2.24) is 14.5 Å². The summed E-state index contributed by atoms with van der Waals surface area (Å²) in [5.74, 6) is 1.66. The molecule has 4 heterocycles. The van der Waals surface area contributed by atoms with Crippen molar-refractivity contribution >= 4 is 11.6 Å². The van der Waals surface area contributed by atoms with E-state index in [4.69, 9.17) is 4.98 Å². The summed E-state index contributed by atoms with van der Waals surface area (Å²) in [6.45, 7) is 4.91. The summed E-state index contributed by atoms with van der Waals surface area (Å²) in [7, 11) is 0. The normalized spacial score (nSPS) is 24.0. The van der Waals surface area contributed by atoms with Crippen molar-refractivity contribution in [3.8, 4) is 5.82 Å². The summed E-state index contributed by atoms with van der Waals surface area (Å²) in [5, 5.41) is 0. The molecule has 2 aromatic heterocycles. The van der Waals surface area contributed by atoms with Crippen molar-refractivity contribution in [3.05, 3.63) is 42.4 Å². The Morgan fingerprint density at radius 3 is 2.93 bits per heavy atom. The van der Waals surface area contributed by atoms with Crippen LogP contribution >= 0.6 is 0 Å². The van der Waals surface area contributed by atoms with Crippen LogP contribution < -0.4 is 4.90 Å². The van der Waals surface area contributed by atoms with E-state index in [1.54, 1.807) is 0 Å². The van der Waals surface area contributed by atoms with Crippen LogP contribution in [0.2, 0.25) is 0 Å². The standard InChI is InChI=1S/C23H30N4O/c1-2-3-15-27-19-10-6-13-24-21(19)26-14-7-11-20(26)23(27)12-16-25(17-23)22(28)18-8-4-5-9-18/h6-7,10-11,13-14,18H,2-5,8-9,12,15-17H2,1H3. The van der Waals surface area contributed by atoms with Crippen LogP contribution in [-0.2, 0) is 10.3 Å². The molecule has 1 amide bonds. The first-order valence-electron chi connectivity index (χ1n) is 10.9. The van der Waals surface area contributed by atoms with Gasteiger partial charge in [0.25, 0.3) is 0 Å². The Morgan fingerprint density at radius 2 is 2.11 bits per heavy atom. The summed E-state index contributed by atoms with van der Waals surface area (Å²) in [6, 6.07) is 8.60. The molecule has 0 radical (unpaired) electrons. The Kier molecular flexibility index (Phi) is 4.41. The number of amides is 1. The molecule has 1 saturated carbocycles. The van der Waals surface area contributed by atoms with E-state index in [1.807, 2.05) is 12.3 Å². The number of nitrogens with zero attached hydrogens (tertiary/aromatic N) is 4. The summed E-state index contributed by atoms with van der Waals surface area (Å²) in [4.78, 5) is 22.6. The lowest BCUT2D eigenvalue weighted by Gasteiger charge is -2.47. The van der Waals surface area contributed by atoms with Crippen molar-refractivity contribution in [2.24, 2.45) is 5.92 Å². The van der Waals surface area contributed by atoms with Crippen molar-refractivity contribution in [2.75, 3.05) is 24.5 Å². The fourth-order valence-electron chi connectivity index (χ4n) is 5.59. The van der Waals surface area contributed by atoms with Crippen LogP contribution in [0.4, 0.5) is 5.69 Å². The average molecular weight is 379 g/mol. The van der Waals surface area contributed by atoms with Crippen LogP contribution in [-0.4, -0.2) is 40.0 Å². The smallest absolute Gasteiger partial charge is 0.225 e. The maximum atomic E-state index is 13.2. The Hall–Kier alpha value is -2.30. The van der Waals surface area contributed by atoms with E-state index < -0.39 is 0 Å². The minimum atomic E-state index is -0.136. The number of hydrogen-bond donors (Lipinski definition) is 0. The second kappa shape index (κ2) is 6.94. The molecule has 28 heavy (non-hydrogen) atoms. The predicted octanol–water partition coefficient (Wildman–Crippen LogP) is 4.11. The summed E-state index contributed by atoms with van der Waals surface area (Å²) in [5.41, 5.74) is 2.36. The zero-order chi connectivity index (χ0) is 19.1. The quantitative estimate of drug-likeness (QED) is 0.804. The van der Waals surface area contributed by atoms with Gasteiger partial charge in [-0.25, -0.2) is 4.98 Å². The van der Waals surface area contributed by atoms with Gasteiger partial charge in [0.2, 0.25) is 5.91 Å². The van der Waals surface area contributed by atoms with E-state index in [0.29, 0.717) is 5.91 Å². The Balaban J connectivity index is 1.54. The lowest BCUT2D eigenvalue weighted by atomic mass is 9.88. The number of pyridine rings is 1. The third kappa shape index (κ3) is 2.59. The van der Waals surface area contributed by atoms with E-state index in [0.717, 1.165) is 57.6 Å². The number of carbonyl (C=O) groups is 1. The van der Waals surface area contributed by atoms with Gasteiger partial charge in [-0.3, -0.25) is 4.79 Å². The van der Waals surface area contributed by atoms with Crippen LogP contribution in [0.5, 0.6) is 0 Å². The summed E-state index contributed by atoms with van der Waals surface area (Å²) < 4.78 is 2.25. The molecule has 5 rings (SSSR count). The summed E-state index contributed by atoms with van der Waals surface area (Å²) in [6.07, 6.45) is 11.9. The van der Waals surface area contributed by atoms with E-state index in [9.17, 15) is 4.79 Å². The van der Waals surface area contributed by atoms with E-state index in [-0.39, 0.29) is 11.5 Å². The molecule has 1 unspecified atom stereocenters. The Morgan fingerprint density at radius 1 is 1.25 bits per heavy atom. The van der Waals surface area contributed by atoms with E-state index >= 15 is 0 Å². The molecule has 0 bridgehead atoms. The van der Waals surface area contributed by atoms with Crippen LogP contribution in [0, 0.1) is 5.92 Å². The predicted molar refractivity (Wildman–Crippen MR) is 111 cm³/mol. The molecule has 0 N–H and O–H groups in total. The van der Waals surface area contributed by atoms with Gasteiger partial charge in [-0.05, 0) is 49.9 Å². The first-order valence-corrected chi connectivity index (χ1v) is 10.9. The molecule has 3 aliphatic rings. The van der Waals surface area contributed by atoms with Gasteiger partial charge in [0.1, 0.15) is 5.54 Å². The molecule has 1 aliphatic carbocycles. The highest BCUT2D eigenvalue weighted by Gasteiger charge is 2.51. The van der Waals surface area contributed by atoms with E-state index in [2.05, 4.69) is 45.7 Å². The molecule has 2 aliphatic heterocycles. The van der Waals surface area contributed by atoms with Gasteiger partial charge in [-0.1, -0.05) is 26.2 Å². The minimum Gasteiger partial charge on any atom is -0.355 e. The van der Waals surface area contributed by atoms with Crippen LogP contribution in [0.3, 0.4) is 0 Å². The van der Waals surface area contributed by atoms with Crippen LogP contribution in [0.15, 0.2) is 36.7 Å². The largest absolute Gasteiger partial charge is 0.355 e. The molecule has 148 valence electrons. The van der Waals surface area contributed by atoms with Crippen molar-refractivity contribution in [1.29, 1.82) is 0 Å². The first-order chi connectivity index (χ1) is 13.7. The highest BCUT2D eigenvalue weighted by Crippen LogP contribution is 2.47. The number of unbranched alkanes of at least 4 members (excludes halogenated alkanes) is 1. The fourth-order valence-corrected chi connectivity index (χ4v) is 5.59. The first kappa shape index (κ1) is 17.8. The minimum absolute atomic E-state index is 0.136. The number of anilines is 1. The lowest BCUT2D eigenvalue weighted by molar-refractivity contribution is -0.134. The number of carbonyl (C=O) groups excluding carboxylic acids is 1. The van der Waals surface area contributed by atoms with Crippen LogP contribution in [0.1, 0.15) is 57.6 Å². The number of likely N-dealkylation sites (tertiary alicyclic amines) is 1. The molecule has 2 aromatic rings. The fraction of sp³-hybridized carbons (Fsp3) is 0.565. The third-order valence-electron chi connectivity index (χ3n) is 7.03. The highest BCUT2D eigenvalue weighted by atomic mass is 16.2. The number of hydrogen-bond acceptors (Lipinski definition) is 3. The Bertz CT molecular complexity index is 869. The molecule has 1 atom stereocenters. The average Bonchev–Trinajstić information content (AvgIpc) is 3.48. The second-order valence-electron chi connectivity index (χ2n) is 8.64. The van der Waals surface area contributed by atoms with Gasteiger partial charge in [-0.2, -0.15) is 0 Å². The van der Waals surface area contributed by atoms with Gasteiger partial charge < -0.3 is 14.4 Å². The summed E-state index contributed by atoms with van der Waals surface area (Å²) >= 11 is 0. The van der Waals surface area contributed by atoms with Crippen molar-refractivity contribution in [2.45, 2.75) is 57.4 Å². The molecule has 2 fully saturated rings. The SMILES string of the molecule is CCCCN1c2cccnc2-n2cccc2C12CCN(C(=O)C1CCCC1)C2. The van der Waals surface area contributed by atoms with Crippen molar-refractivity contribution < 1.29 is 4.79 Å². The van der Waals surface area contributed by atoms with Crippen molar-refractivity contribution in [3.63, 3.8) is 0 Å². The van der Waals surface area contributed by atoms with Crippen LogP contribution in [0.25, 0.3) is 5.82 Å². The topological polar surface area (TPSA) is 41.4 Å². The number of aromatic nitrogens is 2. The van der Waals surface area contributed by atoms with Gasteiger partial charge in [0.05, 0.1) is 11.4 Å². The molecule has 1 saturated heterocycles. The second-order valence-corrected chi connectivity index (χ2v) is 8.64. The van der Waals surface area contributed by atoms with Gasteiger partial charge in [0.15, 0.2) is 5.82 Å². The van der Waals surface area contributed by atoms with Gasteiger partial charge in [-0.15, -0.1) is 0 Å². The molecule has 5 nitrogen and oxygen atoms in total. The number of fused-ring (bicyclic) bond motifs is 4. The molecule has 5 heteroatoms. The maximum absolute atomic E-state index is 13.2. The number of rotatable bonds is 4.